The van der Waals surface area contributed by atoms with Crippen LogP contribution in [0.5, 0.6) is 0 Å². The number of carboxylic acid groups (broad SMARTS) is 1. The maximum Gasteiger partial charge on any atom is 0.342 e. The van der Waals surface area contributed by atoms with Gasteiger partial charge in [0.05, 0.1) is 4.92 Å². The number of benzene rings is 2. The minimum atomic E-state index is -2.77. The molecule has 0 aliphatic heterocycles. The Balaban J connectivity index is 2.42. The van der Waals surface area contributed by atoms with Crippen LogP contribution in [0.1, 0.15) is 10.4 Å². The largest absolute Gasteiger partial charge is 0.477 e. The molecule has 0 bridgehead atoms. The Hall–Kier alpha value is -2.94. The zero-order chi connectivity index (χ0) is 16.3. The molecule has 0 unspecified atom stereocenters. The summed E-state index contributed by atoms with van der Waals surface area (Å²) in [5.74, 6) is -1.38. The van der Waals surface area contributed by atoms with E-state index in [1.54, 1.807) is 12.1 Å². The van der Waals surface area contributed by atoms with Gasteiger partial charge in [0.15, 0.2) is 0 Å². The molecule has 22 heavy (non-hydrogen) atoms. The molecule has 0 aliphatic carbocycles. The van der Waals surface area contributed by atoms with Gasteiger partial charge in [-0.2, -0.15) is 0 Å². The highest BCUT2D eigenvalue weighted by Crippen LogP contribution is 2.28. The zero-order valence-electron chi connectivity index (χ0n) is 10.9. The second kappa shape index (κ2) is 6.22. The number of aromatic carboxylic acids is 1. The highest BCUT2D eigenvalue weighted by molar-refractivity contribution is 7.73. The summed E-state index contributed by atoms with van der Waals surface area (Å²) in [5, 5.41) is 19.9. The molecule has 0 amide bonds. The van der Waals surface area contributed by atoms with Crippen LogP contribution in [0, 0.1) is 10.1 Å². The van der Waals surface area contributed by atoms with Gasteiger partial charge in [0.1, 0.15) is 5.56 Å². The molecule has 0 atom stereocenters. The van der Waals surface area contributed by atoms with Gasteiger partial charge in [-0.1, -0.05) is 18.2 Å². The first-order valence-electron chi connectivity index (χ1n) is 5.91. The molecule has 0 aromatic heterocycles. The van der Waals surface area contributed by atoms with Crippen molar-refractivity contribution < 1.29 is 23.2 Å². The van der Waals surface area contributed by atoms with Crippen molar-refractivity contribution in [2.45, 2.75) is 0 Å². The van der Waals surface area contributed by atoms with E-state index in [2.05, 4.69) is 4.72 Å². The molecule has 9 heteroatoms. The molecule has 8 nitrogen and oxygen atoms in total. The third-order valence-electron chi connectivity index (χ3n) is 2.86. The minimum absolute atomic E-state index is 0.358. The van der Waals surface area contributed by atoms with Gasteiger partial charge < -0.3 is 5.11 Å². The van der Waals surface area contributed by atoms with Crippen molar-refractivity contribution in [3.63, 3.8) is 0 Å². The summed E-state index contributed by atoms with van der Waals surface area (Å²) < 4.78 is 23.3. The van der Waals surface area contributed by atoms with Gasteiger partial charge in [-0.05, 0) is 29.3 Å². The predicted octanol–water partition coefficient (Wildman–Crippen LogP) is 1.90. The van der Waals surface area contributed by atoms with E-state index in [1.165, 1.54) is 24.3 Å². The Morgan fingerprint density at radius 1 is 1.09 bits per heavy atom. The van der Waals surface area contributed by atoms with Crippen molar-refractivity contribution >= 4 is 28.2 Å². The van der Waals surface area contributed by atoms with Crippen LogP contribution in [0.15, 0.2) is 42.5 Å². The van der Waals surface area contributed by atoms with Crippen molar-refractivity contribution in [1.82, 2.24) is 0 Å². The van der Waals surface area contributed by atoms with Crippen LogP contribution in [0.2, 0.25) is 0 Å². The van der Waals surface area contributed by atoms with Crippen LogP contribution in [0.4, 0.5) is 11.4 Å². The van der Waals surface area contributed by atoms with Gasteiger partial charge in [0.2, 0.25) is 10.9 Å². The Morgan fingerprint density at radius 2 is 1.68 bits per heavy atom. The fourth-order valence-electron chi connectivity index (χ4n) is 1.89. The number of hydrogen-bond donors (Lipinski definition) is 3. The van der Waals surface area contributed by atoms with Gasteiger partial charge in [-0.3, -0.25) is 14.8 Å². The van der Waals surface area contributed by atoms with Gasteiger partial charge in [0, 0.05) is 11.8 Å². The van der Waals surface area contributed by atoms with Crippen LogP contribution in [0.3, 0.4) is 0 Å². The molecule has 0 saturated carbocycles. The van der Waals surface area contributed by atoms with Crippen LogP contribution in [0.25, 0.3) is 11.1 Å². The first-order chi connectivity index (χ1) is 10.4. The fourth-order valence-corrected chi connectivity index (χ4v) is 2.25. The number of carboxylic acids is 1. The number of hydrogen-bond acceptors (Lipinski definition) is 5. The molecule has 0 aliphatic rings. The highest BCUT2D eigenvalue weighted by Gasteiger charge is 2.20. The number of nitro benzene ring substituents is 1. The predicted molar refractivity (Wildman–Crippen MR) is 79.4 cm³/mol. The minimum Gasteiger partial charge on any atom is -0.477 e. The molecule has 0 saturated heterocycles. The van der Waals surface area contributed by atoms with E-state index in [9.17, 15) is 23.3 Å². The summed E-state index contributed by atoms with van der Waals surface area (Å²) in [4.78, 5) is 21.1. The Kier molecular flexibility index (Phi) is 4.37. The van der Waals surface area contributed by atoms with Crippen LogP contribution in [-0.2, 0) is 10.9 Å². The molecular formula is C13H10N2O6S. The van der Waals surface area contributed by atoms with Gasteiger partial charge >= 0.3 is 5.97 Å². The van der Waals surface area contributed by atoms with E-state index in [-0.39, 0.29) is 0 Å². The second-order valence-electron chi connectivity index (χ2n) is 4.24. The topological polar surface area (TPSA) is 127 Å². The average Bonchev–Trinajstić information content (AvgIpc) is 2.46. The third kappa shape index (κ3) is 3.38. The lowest BCUT2D eigenvalue weighted by molar-refractivity contribution is -0.385. The average molecular weight is 322 g/mol. The summed E-state index contributed by atoms with van der Waals surface area (Å²) in [6.45, 7) is 0. The van der Waals surface area contributed by atoms with Gasteiger partial charge in [-0.15, -0.1) is 0 Å². The van der Waals surface area contributed by atoms with Crippen LogP contribution >= 0.6 is 0 Å². The van der Waals surface area contributed by atoms with Crippen molar-refractivity contribution in [3.8, 4) is 11.1 Å². The number of nitrogens with zero attached hydrogens (tertiary/aromatic N) is 1. The molecule has 2 aromatic carbocycles. The first kappa shape index (κ1) is 15.4. The van der Waals surface area contributed by atoms with E-state index >= 15 is 0 Å². The maximum absolute atomic E-state index is 11.0. The standard InChI is InChI=1S/C13H10N2O6S/c16-13(17)11-6-3-9(7-12(11)15(18)19)8-1-4-10(5-2-8)14-22(20)21/h1-7,22H,(H,16,17)(H,14,20,21). The number of rotatable bonds is 5. The van der Waals surface area contributed by atoms with Crippen molar-refractivity contribution in [2.75, 3.05) is 4.72 Å². The van der Waals surface area contributed by atoms with Crippen LogP contribution in [-0.4, -0.2) is 24.4 Å². The molecule has 2 N–H and O–H groups in total. The van der Waals surface area contributed by atoms with E-state index in [4.69, 9.17) is 5.11 Å². The summed E-state index contributed by atoms with van der Waals surface area (Å²) in [5.41, 5.74) is 0.503. The Bertz CT molecular complexity index is 806. The lowest BCUT2D eigenvalue weighted by Gasteiger charge is -2.05. The van der Waals surface area contributed by atoms with Crippen molar-refractivity contribution in [2.24, 2.45) is 0 Å². The molecular weight excluding hydrogens is 312 g/mol. The molecule has 0 spiro atoms. The van der Waals surface area contributed by atoms with E-state index < -0.39 is 33.0 Å². The molecule has 0 radical (unpaired) electrons. The quantitative estimate of drug-likeness (QED) is 0.438. The third-order valence-corrected chi connectivity index (χ3v) is 3.30. The lowest BCUT2D eigenvalue weighted by Crippen LogP contribution is -2.02. The van der Waals surface area contributed by atoms with Crippen molar-refractivity contribution in [3.05, 3.63) is 58.1 Å². The van der Waals surface area contributed by atoms with Gasteiger partial charge in [-0.25, -0.2) is 13.2 Å². The number of carbonyl (C=O) groups is 1. The number of nitro groups is 1. The molecule has 0 heterocycles. The zero-order valence-corrected chi connectivity index (χ0v) is 11.8. The smallest absolute Gasteiger partial charge is 0.342 e. The van der Waals surface area contributed by atoms with Crippen molar-refractivity contribution in [1.29, 1.82) is 0 Å². The number of nitrogens with one attached hydrogen (secondary N) is 1. The molecule has 2 rings (SSSR count). The summed E-state index contributed by atoms with van der Waals surface area (Å²) in [7, 11) is -2.77. The normalized spacial score (nSPS) is 10.4. The first-order valence-corrected chi connectivity index (χ1v) is 7.09. The summed E-state index contributed by atoms with van der Waals surface area (Å²) in [6, 6.07) is 9.92. The molecule has 114 valence electrons. The highest BCUT2D eigenvalue weighted by atomic mass is 32.2. The Labute approximate surface area is 126 Å². The molecule has 0 fully saturated rings. The monoisotopic (exact) mass is 322 g/mol. The molecule has 2 aromatic rings. The summed E-state index contributed by atoms with van der Waals surface area (Å²) in [6.07, 6.45) is 0. The van der Waals surface area contributed by atoms with Crippen LogP contribution < -0.4 is 4.72 Å². The lowest BCUT2D eigenvalue weighted by atomic mass is 10.0. The fraction of sp³-hybridized carbons (Fsp3) is 0. The summed E-state index contributed by atoms with van der Waals surface area (Å²) >= 11 is 0. The SMILES string of the molecule is O=C(O)c1ccc(-c2ccc(N[SH](=O)=O)cc2)cc1[N+](=O)[O-]. The maximum atomic E-state index is 11.0. The van der Waals surface area contributed by atoms with Gasteiger partial charge in [0.25, 0.3) is 5.69 Å². The second-order valence-corrected chi connectivity index (χ2v) is 4.98. The number of anilines is 1. The Morgan fingerprint density at radius 3 is 2.18 bits per heavy atom. The van der Waals surface area contributed by atoms with E-state index in [1.807, 2.05) is 0 Å². The van der Waals surface area contributed by atoms with E-state index in [0.29, 0.717) is 16.8 Å². The van der Waals surface area contributed by atoms with E-state index in [0.717, 1.165) is 6.07 Å². The number of thiol groups is 1.